The van der Waals surface area contributed by atoms with E-state index in [1.807, 2.05) is 72.8 Å². The molecule has 5 nitrogen and oxygen atoms in total. The molecule has 0 bridgehead atoms. The van der Waals surface area contributed by atoms with Crippen LogP contribution in [0.2, 0.25) is 0 Å². The van der Waals surface area contributed by atoms with Gasteiger partial charge in [0.05, 0.1) is 11.9 Å². The van der Waals surface area contributed by atoms with Crippen LogP contribution < -0.4 is 5.43 Å². The second kappa shape index (κ2) is 10.7. The fraction of sp³-hybridized carbons (Fsp3) is 0.0588. The first-order valence-corrected chi connectivity index (χ1v) is 13.0. The van der Waals surface area contributed by atoms with Crippen LogP contribution in [0.5, 0.6) is 0 Å². The standard InChI is InChI=1S/C34H28N4O/c1-25-16-21-32(27-12-6-3-7-13-27)38(25)30-19-17-28(18-20-30)34(39)36-35-22-29-24-37(23-26-10-4-2-5-11-26)33-15-9-8-14-31(29)33/h2-22,24H,23H2,1H3,(H,36,39)/b35-22+. The monoisotopic (exact) mass is 508 g/mol. The number of rotatable bonds is 7. The number of nitrogens with zero attached hydrogens (tertiary/aromatic N) is 3. The van der Waals surface area contributed by atoms with Crippen LogP contribution in [-0.4, -0.2) is 21.3 Å². The molecule has 0 spiro atoms. The summed E-state index contributed by atoms with van der Waals surface area (Å²) in [6.45, 7) is 2.85. The van der Waals surface area contributed by atoms with Gasteiger partial charge in [-0.05, 0) is 60.5 Å². The van der Waals surface area contributed by atoms with Crippen molar-refractivity contribution in [2.75, 3.05) is 0 Å². The second-order valence-electron chi connectivity index (χ2n) is 9.52. The van der Waals surface area contributed by atoms with Crippen molar-refractivity contribution in [3.63, 3.8) is 0 Å². The van der Waals surface area contributed by atoms with E-state index in [4.69, 9.17) is 0 Å². The fourth-order valence-electron chi connectivity index (χ4n) is 4.99. The van der Waals surface area contributed by atoms with Gasteiger partial charge in [-0.3, -0.25) is 4.79 Å². The summed E-state index contributed by atoms with van der Waals surface area (Å²) in [6.07, 6.45) is 3.79. The Bertz CT molecular complexity index is 1760. The lowest BCUT2D eigenvalue weighted by Gasteiger charge is -2.12. The Balaban J connectivity index is 1.19. The number of carbonyl (C=O) groups excluding carboxylic acids is 1. The summed E-state index contributed by atoms with van der Waals surface area (Å²) in [5.41, 5.74) is 10.9. The number of hydrogen-bond acceptors (Lipinski definition) is 2. The van der Waals surface area contributed by atoms with Crippen molar-refractivity contribution in [1.29, 1.82) is 0 Å². The maximum atomic E-state index is 12.9. The molecule has 39 heavy (non-hydrogen) atoms. The number of amides is 1. The molecule has 0 aliphatic carbocycles. The minimum Gasteiger partial charge on any atom is -0.342 e. The number of fused-ring (bicyclic) bond motifs is 1. The Hall–Kier alpha value is -5.16. The zero-order valence-electron chi connectivity index (χ0n) is 21.7. The molecule has 2 aromatic heterocycles. The molecule has 1 amide bonds. The van der Waals surface area contributed by atoms with Crippen LogP contribution in [0, 0.1) is 6.92 Å². The molecule has 0 aliphatic heterocycles. The Labute approximate surface area is 227 Å². The maximum absolute atomic E-state index is 12.9. The Morgan fingerprint density at radius 2 is 1.49 bits per heavy atom. The molecule has 6 aromatic rings. The van der Waals surface area contributed by atoms with Crippen LogP contribution in [0.15, 0.2) is 133 Å². The van der Waals surface area contributed by atoms with Crippen LogP contribution in [0.3, 0.4) is 0 Å². The molecule has 0 fully saturated rings. The predicted octanol–water partition coefficient (Wildman–Crippen LogP) is 7.22. The zero-order valence-corrected chi connectivity index (χ0v) is 21.7. The predicted molar refractivity (Wildman–Crippen MR) is 158 cm³/mol. The zero-order chi connectivity index (χ0) is 26.6. The highest BCUT2D eigenvalue weighted by Gasteiger charge is 2.11. The van der Waals surface area contributed by atoms with E-state index in [-0.39, 0.29) is 5.91 Å². The number of nitrogens with one attached hydrogen (secondary N) is 1. The van der Waals surface area contributed by atoms with Gasteiger partial charge in [-0.25, -0.2) is 5.43 Å². The summed E-state index contributed by atoms with van der Waals surface area (Å²) >= 11 is 0. The molecule has 0 saturated carbocycles. The topological polar surface area (TPSA) is 51.3 Å². The number of hydrazone groups is 1. The molecular formula is C34H28N4O. The number of benzene rings is 4. The molecule has 0 saturated heterocycles. The molecule has 6 rings (SSSR count). The van der Waals surface area contributed by atoms with Crippen LogP contribution in [0.4, 0.5) is 0 Å². The molecule has 4 aromatic carbocycles. The second-order valence-corrected chi connectivity index (χ2v) is 9.52. The van der Waals surface area contributed by atoms with E-state index in [1.165, 1.54) is 5.56 Å². The van der Waals surface area contributed by atoms with Gasteiger partial charge >= 0.3 is 0 Å². The van der Waals surface area contributed by atoms with Crippen molar-refractivity contribution in [2.45, 2.75) is 13.5 Å². The summed E-state index contributed by atoms with van der Waals surface area (Å²) in [5.74, 6) is -0.252. The largest absolute Gasteiger partial charge is 0.342 e. The highest BCUT2D eigenvalue weighted by Crippen LogP contribution is 2.26. The van der Waals surface area contributed by atoms with E-state index in [2.05, 4.69) is 81.3 Å². The summed E-state index contributed by atoms with van der Waals surface area (Å²) in [7, 11) is 0. The van der Waals surface area contributed by atoms with Gasteiger partial charge in [-0.2, -0.15) is 5.10 Å². The van der Waals surface area contributed by atoms with Crippen molar-refractivity contribution in [2.24, 2.45) is 5.10 Å². The third-order valence-electron chi connectivity index (χ3n) is 6.92. The van der Waals surface area contributed by atoms with Gasteiger partial charge < -0.3 is 9.13 Å². The molecule has 2 heterocycles. The molecule has 190 valence electrons. The highest BCUT2D eigenvalue weighted by molar-refractivity contribution is 6.00. The lowest BCUT2D eigenvalue weighted by Crippen LogP contribution is -2.17. The van der Waals surface area contributed by atoms with Crippen LogP contribution in [0.25, 0.3) is 27.8 Å². The van der Waals surface area contributed by atoms with Crippen molar-refractivity contribution in [1.82, 2.24) is 14.6 Å². The minimum atomic E-state index is -0.252. The lowest BCUT2D eigenvalue weighted by atomic mass is 10.1. The quantitative estimate of drug-likeness (QED) is 0.180. The molecule has 0 unspecified atom stereocenters. The number of aryl methyl sites for hydroxylation is 1. The van der Waals surface area contributed by atoms with Gasteiger partial charge in [0, 0.05) is 46.2 Å². The third-order valence-corrected chi connectivity index (χ3v) is 6.92. The Kier molecular flexibility index (Phi) is 6.62. The molecule has 0 radical (unpaired) electrons. The number of hydrogen-bond donors (Lipinski definition) is 1. The van der Waals surface area contributed by atoms with Gasteiger partial charge in [0.15, 0.2) is 0 Å². The van der Waals surface area contributed by atoms with E-state index < -0.39 is 0 Å². The van der Waals surface area contributed by atoms with Crippen LogP contribution in [0.1, 0.15) is 27.2 Å². The van der Waals surface area contributed by atoms with Crippen LogP contribution in [-0.2, 0) is 6.54 Å². The van der Waals surface area contributed by atoms with Crippen molar-refractivity contribution in [3.05, 3.63) is 150 Å². The van der Waals surface area contributed by atoms with Crippen LogP contribution >= 0.6 is 0 Å². The lowest BCUT2D eigenvalue weighted by molar-refractivity contribution is 0.0955. The van der Waals surface area contributed by atoms with Gasteiger partial charge in [0.25, 0.3) is 5.91 Å². The number of para-hydroxylation sites is 1. The average Bonchev–Trinajstić information content (AvgIpc) is 3.54. The van der Waals surface area contributed by atoms with Gasteiger partial charge in [-0.1, -0.05) is 78.9 Å². The van der Waals surface area contributed by atoms with Gasteiger partial charge in [0.1, 0.15) is 0 Å². The van der Waals surface area contributed by atoms with Gasteiger partial charge in [0.2, 0.25) is 0 Å². The first-order valence-electron chi connectivity index (χ1n) is 13.0. The fourth-order valence-corrected chi connectivity index (χ4v) is 4.99. The minimum absolute atomic E-state index is 0.252. The molecule has 5 heteroatoms. The average molecular weight is 509 g/mol. The third kappa shape index (κ3) is 5.03. The summed E-state index contributed by atoms with van der Waals surface area (Å²) in [6, 6.07) is 40.7. The summed E-state index contributed by atoms with van der Waals surface area (Å²) < 4.78 is 4.40. The number of aromatic nitrogens is 2. The first kappa shape index (κ1) is 24.2. The van der Waals surface area contributed by atoms with E-state index >= 15 is 0 Å². The van der Waals surface area contributed by atoms with Gasteiger partial charge in [-0.15, -0.1) is 0 Å². The maximum Gasteiger partial charge on any atom is 0.271 e. The number of carbonyl (C=O) groups is 1. The molecular weight excluding hydrogens is 480 g/mol. The molecule has 0 aliphatic rings. The smallest absolute Gasteiger partial charge is 0.271 e. The normalized spacial score (nSPS) is 11.3. The van der Waals surface area contributed by atoms with E-state index in [9.17, 15) is 4.79 Å². The summed E-state index contributed by atoms with van der Waals surface area (Å²) in [5, 5.41) is 5.38. The van der Waals surface area contributed by atoms with Crippen molar-refractivity contribution in [3.8, 4) is 16.9 Å². The first-order chi connectivity index (χ1) is 19.2. The SMILES string of the molecule is Cc1ccc(-c2ccccc2)n1-c1ccc(C(=O)N/N=C/c2cn(Cc3ccccc3)c3ccccc23)cc1. The Morgan fingerprint density at radius 1 is 0.795 bits per heavy atom. The summed E-state index contributed by atoms with van der Waals surface area (Å²) in [4.78, 5) is 12.9. The van der Waals surface area contributed by atoms with Crippen molar-refractivity contribution < 1.29 is 4.79 Å². The van der Waals surface area contributed by atoms with E-state index in [1.54, 1.807) is 6.21 Å². The van der Waals surface area contributed by atoms with E-state index in [0.29, 0.717) is 5.56 Å². The highest BCUT2D eigenvalue weighted by atomic mass is 16.2. The molecule has 0 atom stereocenters. The van der Waals surface area contributed by atoms with E-state index in [0.717, 1.165) is 45.6 Å². The van der Waals surface area contributed by atoms with Crippen molar-refractivity contribution >= 4 is 23.0 Å². The molecule has 1 N–H and O–H groups in total. The Morgan fingerprint density at radius 3 is 2.26 bits per heavy atom.